The monoisotopic (exact) mass is 313 g/mol. The Bertz CT molecular complexity index is 800. The van der Waals surface area contributed by atoms with Gasteiger partial charge in [-0.25, -0.2) is 4.90 Å². The lowest BCUT2D eigenvalue weighted by molar-refractivity contribution is 0.0924. The van der Waals surface area contributed by atoms with Gasteiger partial charge in [0.05, 0.1) is 38.1 Å². The van der Waals surface area contributed by atoms with Gasteiger partial charge in [0, 0.05) is 0 Å². The topological polar surface area (TPSA) is 65.1 Å². The molecule has 0 saturated heterocycles. The molecule has 1 aliphatic rings. The van der Waals surface area contributed by atoms with Crippen molar-refractivity contribution in [3.63, 3.8) is 0 Å². The zero-order valence-corrected chi connectivity index (χ0v) is 13.0. The Labute approximate surface area is 133 Å². The van der Waals surface area contributed by atoms with E-state index in [1.54, 1.807) is 36.4 Å². The van der Waals surface area contributed by atoms with Crippen LogP contribution in [-0.4, -0.2) is 33.1 Å². The van der Waals surface area contributed by atoms with Crippen LogP contribution < -0.4 is 19.1 Å². The van der Waals surface area contributed by atoms with Crippen LogP contribution in [-0.2, 0) is 0 Å². The molecule has 23 heavy (non-hydrogen) atoms. The molecule has 2 aromatic rings. The molecule has 0 bridgehead atoms. The van der Waals surface area contributed by atoms with Gasteiger partial charge in [0.15, 0.2) is 11.5 Å². The summed E-state index contributed by atoms with van der Waals surface area (Å²) in [7, 11) is 4.39. The Morgan fingerprint density at radius 1 is 0.783 bits per heavy atom. The molecule has 0 N–H and O–H groups in total. The van der Waals surface area contributed by atoms with Crippen molar-refractivity contribution in [2.75, 3.05) is 26.2 Å². The van der Waals surface area contributed by atoms with E-state index in [1.807, 2.05) is 0 Å². The van der Waals surface area contributed by atoms with Gasteiger partial charge >= 0.3 is 0 Å². The average molecular weight is 313 g/mol. The van der Waals surface area contributed by atoms with Crippen LogP contribution in [0.1, 0.15) is 20.7 Å². The molecule has 0 aliphatic carbocycles. The molecule has 2 amide bonds. The first-order chi connectivity index (χ1) is 11.1. The normalized spacial score (nSPS) is 13.1. The minimum Gasteiger partial charge on any atom is -0.495 e. The van der Waals surface area contributed by atoms with Crippen molar-refractivity contribution < 1.29 is 23.8 Å². The van der Waals surface area contributed by atoms with Crippen molar-refractivity contribution in [2.45, 2.75) is 0 Å². The molecule has 6 heteroatoms. The van der Waals surface area contributed by atoms with Crippen LogP contribution in [0.15, 0.2) is 36.4 Å². The van der Waals surface area contributed by atoms with E-state index in [-0.39, 0.29) is 16.9 Å². The fraction of sp³-hybridized carbons (Fsp3) is 0.176. The van der Waals surface area contributed by atoms with Crippen molar-refractivity contribution in [2.24, 2.45) is 0 Å². The number of anilines is 1. The second kappa shape index (κ2) is 5.64. The van der Waals surface area contributed by atoms with Crippen molar-refractivity contribution in [3.8, 4) is 17.2 Å². The lowest BCUT2D eigenvalue weighted by Gasteiger charge is -2.17. The smallest absolute Gasteiger partial charge is 0.270 e. The molecule has 0 radical (unpaired) electrons. The first-order valence-electron chi connectivity index (χ1n) is 6.90. The van der Waals surface area contributed by atoms with Crippen LogP contribution in [0.3, 0.4) is 0 Å². The van der Waals surface area contributed by atoms with E-state index in [1.165, 1.54) is 21.3 Å². The van der Waals surface area contributed by atoms with Gasteiger partial charge in [-0.05, 0) is 24.3 Å². The summed E-state index contributed by atoms with van der Waals surface area (Å²) in [6.45, 7) is 0. The lowest BCUT2D eigenvalue weighted by atomic mass is 10.1. The lowest BCUT2D eigenvalue weighted by Crippen LogP contribution is -2.29. The quantitative estimate of drug-likeness (QED) is 0.812. The number of para-hydroxylation sites is 2. The molecule has 2 aromatic carbocycles. The van der Waals surface area contributed by atoms with Gasteiger partial charge < -0.3 is 14.2 Å². The van der Waals surface area contributed by atoms with E-state index in [2.05, 4.69) is 0 Å². The van der Waals surface area contributed by atoms with Gasteiger partial charge in [-0.1, -0.05) is 12.1 Å². The van der Waals surface area contributed by atoms with Gasteiger partial charge in [0.1, 0.15) is 5.75 Å². The SMILES string of the molecule is COc1ccccc1N1C(=O)c2ccc(OC)c(OC)c2C1=O. The Hall–Kier alpha value is -3.02. The number of nitrogens with zero attached hydrogens (tertiary/aromatic N) is 1. The summed E-state index contributed by atoms with van der Waals surface area (Å²) in [6.07, 6.45) is 0. The molecule has 3 rings (SSSR count). The number of ether oxygens (including phenoxy) is 3. The Balaban J connectivity index is 2.18. The van der Waals surface area contributed by atoms with Crippen LogP contribution >= 0.6 is 0 Å². The highest BCUT2D eigenvalue weighted by Crippen LogP contribution is 2.41. The Kier molecular flexibility index (Phi) is 3.65. The zero-order chi connectivity index (χ0) is 16.6. The van der Waals surface area contributed by atoms with Crippen molar-refractivity contribution in [1.82, 2.24) is 0 Å². The predicted molar refractivity (Wildman–Crippen MR) is 83.7 cm³/mol. The molecule has 0 atom stereocenters. The number of rotatable bonds is 4. The third kappa shape index (κ3) is 2.11. The van der Waals surface area contributed by atoms with Gasteiger partial charge in [-0.15, -0.1) is 0 Å². The summed E-state index contributed by atoms with van der Waals surface area (Å²) in [5.41, 5.74) is 0.864. The number of hydrogen-bond donors (Lipinski definition) is 0. The van der Waals surface area contributed by atoms with Crippen LogP contribution in [0.4, 0.5) is 5.69 Å². The number of imide groups is 1. The molecule has 0 unspecified atom stereocenters. The number of hydrogen-bond acceptors (Lipinski definition) is 5. The van der Waals surface area contributed by atoms with Crippen LogP contribution in [0, 0.1) is 0 Å². The summed E-state index contributed by atoms with van der Waals surface area (Å²) >= 11 is 0. The van der Waals surface area contributed by atoms with Crippen molar-refractivity contribution >= 4 is 17.5 Å². The van der Waals surface area contributed by atoms with Crippen LogP contribution in [0.2, 0.25) is 0 Å². The van der Waals surface area contributed by atoms with Gasteiger partial charge in [-0.2, -0.15) is 0 Å². The van der Waals surface area contributed by atoms with E-state index in [0.29, 0.717) is 17.2 Å². The van der Waals surface area contributed by atoms with E-state index in [4.69, 9.17) is 14.2 Å². The molecule has 6 nitrogen and oxygen atoms in total. The summed E-state index contributed by atoms with van der Waals surface area (Å²) in [5, 5.41) is 0. The first kappa shape index (κ1) is 14.9. The average Bonchev–Trinajstić information content (AvgIpc) is 2.84. The van der Waals surface area contributed by atoms with Crippen molar-refractivity contribution in [1.29, 1.82) is 0 Å². The molecule has 1 heterocycles. The summed E-state index contributed by atoms with van der Waals surface area (Å²) < 4.78 is 15.7. The number of carbonyl (C=O) groups excluding carboxylic acids is 2. The number of benzene rings is 2. The second-order valence-corrected chi connectivity index (χ2v) is 4.84. The fourth-order valence-electron chi connectivity index (χ4n) is 2.68. The number of fused-ring (bicyclic) bond motifs is 1. The largest absolute Gasteiger partial charge is 0.495 e. The molecule has 1 aliphatic heterocycles. The Morgan fingerprint density at radius 3 is 2.13 bits per heavy atom. The molecule has 0 aromatic heterocycles. The highest BCUT2D eigenvalue weighted by Gasteiger charge is 2.41. The summed E-state index contributed by atoms with van der Waals surface area (Å²) in [4.78, 5) is 26.6. The molecule has 118 valence electrons. The van der Waals surface area contributed by atoms with E-state index in [9.17, 15) is 9.59 Å². The fourth-order valence-corrected chi connectivity index (χ4v) is 2.68. The minimum atomic E-state index is -0.467. The molecular formula is C17H15NO5. The minimum absolute atomic E-state index is 0.197. The maximum absolute atomic E-state index is 12.8. The summed E-state index contributed by atoms with van der Waals surface area (Å²) in [5.74, 6) is 0.198. The number of amides is 2. The van der Waals surface area contributed by atoms with Gasteiger partial charge in [0.2, 0.25) is 0 Å². The third-order valence-electron chi connectivity index (χ3n) is 3.72. The summed E-state index contributed by atoms with van der Waals surface area (Å²) in [6, 6.07) is 10.0. The maximum atomic E-state index is 12.8. The highest BCUT2D eigenvalue weighted by atomic mass is 16.5. The Morgan fingerprint density at radius 2 is 1.48 bits per heavy atom. The zero-order valence-electron chi connectivity index (χ0n) is 13.0. The number of methoxy groups -OCH3 is 3. The molecule has 0 spiro atoms. The molecule has 0 saturated carbocycles. The van der Waals surface area contributed by atoms with Gasteiger partial charge in [0.25, 0.3) is 11.8 Å². The van der Waals surface area contributed by atoms with Gasteiger partial charge in [-0.3, -0.25) is 9.59 Å². The number of carbonyl (C=O) groups is 2. The molecule has 0 fully saturated rings. The standard InChI is InChI=1S/C17H15NO5/c1-21-12-7-5-4-6-11(12)18-16(19)10-8-9-13(22-2)15(23-3)14(10)17(18)20/h4-9H,1-3H3. The molecular weight excluding hydrogens is 298 g/mol. The highest BCUT2D eigenvalue weighted by molar-refractivity contribution is 6.35. The van der Waals surface area contributed by atoms with E-state index in [0.717, 1.165) is 4.90 Å². The second-order valence-electron chi connectivity index (χ2n) is 4.84. The van der Waals surface area contributed by atoms with E-state index < -0.39 is 11.8 Å². The van der Waals surface area contributed by atoms with Crippen LogP contribution in [0.25, 0.3) is 0 Å². The predicted octanol–water partition coefficient (Wildman–Crippen LogP) is 2.51. The van der Waals surface area contributed by atoms with Crippen LogP contribution in [0.5, 0.6) is 17.2 Å². The maximum Gasteiger partial charge on any atom is 0.270 e. The van der Waals surface area contributed by atoms with Crippen molar-refractivity contribution in [3.05, 3.63) is 47.5 Å². The third-order valence-corrected chi connectivity index (χ3v) is 3.72. The van der Waals surface area contributed by atoms with E-state index >= 15 is 0 Å². The first-order valence-corrected chi connectivity index (χ1v) is 6.90.